The van der Waals surface area contributed by atoms with Gasteiger partial charge in [-0.25, -0.2) is 13.4 Å². The molecule has 7 nitrogen and oxygen atoms in total. The molecule has 0 saturated carbocycles. The van der Waals surface area contributed by atoms with Crippen LogP contribution in [0.25, 0.3) is 0 Å². The molecule has 1 aromatic rings. The summed E-state index contributed by atoms with van der Waals surface area (Å²) < 4.78 is 26.3. The van der Waals surface area contributed by atoms with E-state index in [0.29, 0.717) is 12.2 Å². The smallest absolute Gasteiger partial charge is 0.304 e. The molecule has 0 aliphatic heterocycles. The lowest BCUT2D eigenvalue weighted by Gasteiger charge is -2.33. The molecular weight excluding hydrogens is 282 g/mol. The van der Waals surface area contributed by atoms with Crippen molar-refractivity contribution >= 4 is 16.0 Å². The number of hydrogen-bond acceptors (Lipinski definition) is 4. The number of nitrogens with zero attached hydrogens (tertiary/aromatic N) is 2. The third kappa shape index (κ3) is 3.80. The van der Waals surface area contributed by atoms with Crippen LogP contribution < -0.4 is 0 Å². The zero-order valence-corrected chi connectivity index (χ0v) is 13.0. The average molecular weight is 303 g/mol. The second-order valence-corrected chi connectivity index (χ2v) is 7.27. The predicted molar refractivity (Wildman–Crippen MR) is 73.9 cm³/mol. The molecular formula is C12H21N3O4S. The summed E-state index contributed by atoms with van der Waals surface area (Å²) in [5, 5.41) is 8.76. The van der Waals surface area contributed by atoms with Crippen LogP contribution in [0.3, 0.4) is 0 Å². The normalized spacial score (nSPS) is 12.8. The van der Waals surface area contributed by atoms with E-state index in [2.05, 4.69) is 9.97 Å². The molecule has 0 fully saturated rings. The van der Waals surface area contributed by atoms with Gasteiger partial charge in [0.05, 0.1) is 12.6 Å². The van der Waals surface area contributed by atoms with Gasteiger partial charge in [0.25, 0.3) is 10.0 Å². The number of rotatable bonds is 6. The van der Waals surface area contributed by atoms with Crippen LogP contribution in [-0.4, -0.2) is 45.9 Å². The van der Waals surface area contributed by atoms with E-state index in [1.54, 1.807) is 20.8 Å². The number of H-pyrrole nitrogens is 1. The Kier molecular flexibility index (Phi) is 4.93. The van der Waals surface area contributed by atoms with Crippen LogP contribution in [-0.2, 0) is 21.2 Å². The summed E-state index contributed by atoms with van der Waals surface area (Å²) in [5.74, 6) is -0.455. The number of aromatic amines is 1. The minimum Gasteiger partial charge on any atom is -0.481 e. The Morgan fingerprint density at radius 1 is 1.45 bits per heavy atom. The highest BCUT2D eigenvalue weighted by atomic mass is 32.2. The van der Waals surface area contributed by atoms with E-state index >= 15 is 0 Å². The lowest BCUT2D eigenvalue weighted by atomic mass is 10.1. The Hall–Kier alpha value is -1.41. The van der Waals surface area contributed by atoms with Crippen LogP contribution in [0.5, 0.6) is 0 Å². The first-order chi connectivity index (χ1) is 9.09. The van der Waals surface area contributed by atoms with E-state index in [4.69, 9.17) is 5.11 Å². The number of aliphatic carboxylic acids is 1. The highest BCUT2D eigenvalue weighted by Gasteiger charge is 2.35. The van der Waals surface area contributed by atoms with Crippen molar-refractivity contribution in [2.24, 2.45) is 0 Å². The Bertz CT molecular complexity index is 572. The number of imidazole rings is 1. The van der Waals surface area contributed by atoms with Crippen LogP contribution in [0.1, 0.15) is 39.9 Å². The van der Waals surface area contributed by atoms with Gasteiger partial charge in [0, 0.05) is 18.5 Å². The molecule has 0 spiro atoms. The fourth-order valence-electron chi connectivity index (χ4n) is 1.79. The summed E-state index contributed by atoms with van der Waals surface area (Å²) in [6.45, 7) is 6.96. The lowest BCUT2D eigenvalue weighted by Crippen LogP contribution is -2.46. The number of aryl methyl sites for hydroxylation is 1. The third-order valence-electron chi connectivity index (χ3n) is 2.79. The molecule has 0 saturated heterocycles. The van der Waals surface area contributed by atoms with Gasteiger partial charge in [0.1, 0.15) is 5.82 Å². The molecule has 1 heterocycles. The maximum absolute atomic E-state index is 12.6. The predicted octanol–water partition coefficient (Wildman–Crippen LogP) is 1.24. The van der Waals surface area contributed by atoms with Gasteiger partial charge in [-0.05, 0) is 20.8 Å². The number of carboxylic acids is 1. The van der Waals surface area contributed by atoms with E-state index in [0.717, 1.165) is 0 Å². The van der Waals surface area contributed by atoms with Gasteiger partial charge in [-0.2, -0.15) is 4.31 Å². The molecule has 0 radical (unpaired) electrons. The molecule has 0 bridgehead atoms. The molecule has 2 N–H and O–H groups in total. The standard InChI is InChI=1S/C12H21N3O4S/c1-5-9-13-8-10(14-9)20(18,19)15(12(2,3)4)7-6-11(16)17/h8H,5-7H2,1-4H3,(H,13,14)(H,16,17). The SMILES string of the molecule is CCc1ncc(S(=O)(=O)N(CCC(=O)O)C(C)(C)C)[nH]1. The van der Waals surface area contributed by atoms with Gasteiger partial charge in [-0.15, -0.1) is 0 Å². The molecule has 0 unspecified atom stereocenters. The van der Waals surface area contributed by atoms with Crippen molar-refractivity contribution in [3.05, 3.63) is 12.0 Å². The summed E-state index contributed by atoms with van der Waals surface area (Å²) in [7, 11) is -3.79. The zero-order chi connectivity index (χ0) is 15.6. The van der Waals surface area contributed by atoms with Crippen molar-refractivity contribution < 1.29 is 18.3 Å². The number of aromatic nitrogens is 2. The van der Waals surface area contributed by atoms with Crippen molar-refractivity contribution in [2.75, 3.05) is 6.54 Å². The molecule has 1 rings (SSSR count). The van der Waals surface area contributed by atoms with E-state index in [1.807, 2.05) is 6.92 Å². The largest absolute Gasteiger partial charge is 0.481 e. The second-order valence-electron chi connectivity index (χ2n) is 5.44. The minimum absolute atomic E-state index is 0.00494. The number of sulfonamides is 1. The van der Waals surface area contributed by atoms with Crippen LogP contribution in [0.4, 0.5) is 0 Å². The Morgan fingerprint density at radius 2 is 2.05 bits per heavy atom. The molecule has 20 heavy (non-hydrogen) atoms. The lowest BCUT2D eigenvalue weighted by molar-refractivity contribution is -0.137. The van der Waals surface area contributed by atoms with E-state index in [1.165, 1.54) is 10.5 Å². The summed E-state index contributed by atoms with van der Waals surface area (Å²) in [6.07, 6.45) is 1.62. The first-order valence-corrected chi connectivity index (χ1v) is 7.81. The quantitative estimate of drug-likeness (QED) is 0.823. The van der Waals surface area contributed by atoms with E-state index in [-0.39, 0.29) is 18.0 Å². The second kappa shape index (κ2) is 5.92. The number of carboxylic acid groups (broad SMARTS) is 1. The summed E-state index contributed by atoms with van der Waals surface area (Å²) in [5.41, 5.74) is -0.716. The summed E-state index contributed by atoms with van der Waals surface area (Å²) >= 11 is 0. The van der Waals surface area contributed by atoms with Crippen LogP contribution in [0.15, 0.2) is 11.2 Å². The van der Waals surface area contributed by atoms with Crippen molar-refractivity contribution in [1.82, 2.24) is 14.3 Å². The van der Waals surface area contributed by atoms with Crippen molar-refractivity contribution in [1.29, 1.82) is 0 Å². The Morgan fingerprint density at radius 3 is 2.45 bits per heavy atom. The van der Waals surface area contributed by atoms with E-state index < -0.39 is 21.5 Å². The zero-order valence-electron chi connectivity index (χ0n) is 12.2. The van der Waals surface area contributed by atoms with Crippen molar-refractivity contribution in [3.63, 3.8) is 0 Å². The van der Waals surface area contributed by atoms with Crippen LogP contribution >= 0.6 is 0 Å². The molecule has 0 aromatic carbocycles. The Balaban J connectivity index is 3.13. The van der Waals surface area contributed by atoms with Gasteiger partial charge in [-0.1, -0.05) is 6.92 Å². The van der Waals surface area contributed by atoms with Crippen LogP contribution in [0, 0.1) is 0 Å². The molecule has 0 aliphatic rings. The number of nitrogens with one attached hydrogen (secondary N) is 1. The van der Waals surface area contributed by atoms with Gasteiger partial charge < -0.3 is 10.1 Å². The molecule has 1 aromatic heterocycles. The van der Waals surface area contributed by atoms with Crippen molar-refractivity contribution in [2.45, 2.75) is 51.1 Å². The summed E-state index contributed by atoms with van der Waals surface area (Å²) in [6, 6.07) is 0. The molecule has 0 atom stereocenters. The fourth-order valence-corrected chi connectivity index (χ4v) is 3.51. The first kappa shape index (κ1) is 16.6. The maximum Gasteiger partial charge on any atom is 0.304 e. The highest BCUT2D eigenvalue weighted by molar-refractivity contribution is 7.89. The maximum atomic E-state index is 12.6. The molecule has 0 amide bonds. The molecule has 0 aliphatic carbocycles. The van der Waals surface area contributed by atoms with Gasteiger partial charge in [0.15, 0.2) is 5.03 Å². The fraction of sp³-hybridized carbons (Fsp3) is 0.667. The first-order valence-electron chi connectivity index (χ1n) is 6.37. The molecule has 114 valence electrons. The third-order valence-corrected chi connectivity index (χ3v) is 4.86. The average Bonchev–Trinajstić information content (AvgIpc) is 2.75. The van der Waals surface area contributed by atoms with Crippen molar-refractivity contribution in [3.8, 4) is 0 Å². The van der Waals surface area contributed by atoms with Gasteiger partial charge in [0.2, 0.25) is 0 Å². The Labute approximate surface area is 119 Å². The van der Waals surface area contributed by atoms with Crippen LogP contribution in [0.2, 0.25) is 0 Å². The van der Waals surface area contributed by atoms with Gasteiger partial charge >= 0.3 is 5.97 Å². The number of carbonyl (C=O) groups is 1. The minimum atomic E-state index is -3.79. The summed E-state index contributed by atoms with van der Waals surface area (Å²) in [4.78, 5) is 17.4. The number of hydrogen-bond donors (Lipinski definition) is 2. The van der Waals surface area contributed by atoms with E-state index in [9.17, 15) is 13.2 Å². The topological polar surface area (TPSA) is 103 Å². The molecule has 8 heteroatoms. The monoisotopic (exact) mass is 303 g/mol. The highest BCUT2D eigenvalue weighted by Crippen LogP contribution is 2.23. The van der Waals surface area contributed by atoms with Gasteiger partial charge in [-0.3, -0.25) is 4.79 Å².